The van der Waals surface area contributed by atoms with Crippen LogP contribution in [0.15, 0.2) is 101 Å². The normalized spacial score (nSPS) is 16.3. The molecule has 2 N–H and O–H groups in total. The fraction of sp³-hybridized carbons (Fsp3) is 0.133. The first kappa shape index (κ1) is 24.8. The largest absolute Gasteiger partial charge is 0.503 e. The van der Waals surface area contributed by atoms with Crippen LogP contribution in [0.4, 0.5) is 9.52 Å². The van der Waals surface area contributed by atoms with Crippen molar-refractivity contribution in [2.75, 3.05) is 4.90 Å². The number of aryl methyl sites for hydroxylation is 1. The molecule has 2 unspecified atom stereocenters. The van der Waals surface area contributed by atoms with E-state index in [0.29, 0.717) is 33.9 Å². The third-order valence-electron chi connectivity index (χ3n) is 6.54. The Balaban J connectivity index is 1.43. The summed E-state index contributed by atoms with van der Waals surface area (Å²) in [5.41, 5.74) is 2.14. The summed E-state index contributed by atoms with van der Waals surface area (Å²) in [6.45, 7) is 2.07. The molecule has 1 amide bonds. The third kappa shape index (κ3) is 4.67. The number of rotatable bonds is 7. The van der Waals surface area contributed by atoms with Gasteiger partial charge in [0.1, 0.15) is 35.8 Å². The first-order valence-electron chi connectivity index (χ1n) is 12.2. The number of halogens is 1. The van der Waals surface area contributed by atoms with Crippen LogP contribution in [0.3, 0.4) is 0 Å². The molecule has 196 valence electrons. The number of anilines is 1. The molecule has 7 nitrogen and oxygen atoms in total. The van der Waals surface area contributed by atoms with Gasteiger partial charge in [-0.15, -0.1) is 0 Å². The Bertz CT molecular complexity index is 1710. The van der Waals surface area contributed by atoms with E-state index in [2.05, 4.69) is 4.98 Å². The maximum absolute atomic E-state index is 13.9. The molecule has 0 spiro atoms. The van der Waals surface area contributed by atoms with E-state index in [1.807, 2.05) is 30.3 Å². The molecule has 0 radical (unpaired) electrons. The lowest BCUT2D eigenvalue weighted by molar-refractivity contribution is -0.117. The van der Waals surface area contributed by atoms with Gasteiger partial charge in [0, 0.05) is 5.57 Å². The Labute approximate surface area is 227 Å². The van der Waals surface area contributed by atoms with E-state index < -0.39 is 29.6 Å². The van der Waals surface area contributed by atoms with Gasteiger partial charge in [0.05, 0.1) is 16.3 Å². The molecule has 0 saturated heterocycles. The van der Waals surface area contributed by atoms with Gasteiger partial charge in [-0.1, -0.05) is 53.8 Å². The molecule has 0 fully saturated rings. The number of ether oxygens (including phenoxy) is 1. The highest BCUT2D eigenvalue weighted by atomic mass is 32.1. The van der Waals surface area contributed by atoms with Crippen molar-refractivity contribution < 1.29 is 28.6 Å². The van der Waals surface area contributed by atoms with E-state index in [1.165, 1.54) is 23.1 Å². The Hall–Kier alpha value is -4.47. The third-order valence-corrected chi connectivity index (χ3v) is 7.56. The predicted molar refractivity (Wildman–Crippen MR) is 145 cm³/mol. The number of aromatic nitrogens is 1. The first-order valence-corrected chi connectivity index (χ1v) is 13.0. The summed E-state index contributed by atoms with van der Waals surface area (Å²) >= 11 is 1.12. The second-order valence-corrected chi connectivity index (χ2v) is 10.2. The van der Waals surface area contributed by atoms with Gasteiger partial charge in [-0.05, 0) is 60.5 Å². The number of hydrogen-bond acceptors (Lipinski definition) is 7. The van der Waals surface area contributed by atoms with Crippen LogP contribution in [-0.2, 0) is 11.4 Å². The zero-order valence-corrected chi connectivity index (χ0v) is 21.6. The summed E-state index contributed by atoms with van der Waals surface area (Å²) in [5.74, 6) is -0.433. The van der Waals surface area contributed by atoms with Crippen molar-refractivity contribution in [3.8, 4) is 5.75 Å². The fourth-order valence-electron chi connectivity index (χ4n) is 4.69. The molecule has 0 saturated carbocycles. The van der Waals surface area contributed by atoms with Gasteiger partial charge in [0.25, 0.3) is 5.91 Å². The van der Waals surface area contributed by atoms with Gasteiger partial charge in [0.15, 0.2) is 10.9 Å². The van der Waals surface area contributed by atoms with Crippen molar-refractivity contribution in [2.24, 2.45) is 0 Å². The van der Waals surface area contributed by atoms with Crippen molar-refractivity contribution >= 4 is 32.6 Å². The summed E-state index contributed by atoms with van der Waals surface area (Å²) in [4.78, 5) is 19.4. The average molecular weight is 543 g/mol. The highest BCUT2D eigenvalue weighted by molar-refractivity contribution is 7.22. The Morgan fingerprint density at radius 2 is 1.90 bits per heavy atom. The van der Waals surface area contributed by atoms with Crippen molar-refractivity contribution in [1.29, 1.82) is 0 Å². The Morgan fingerprint density at radius 1 is 1.08 bits per heavy atom. The SMILES string of the molecule is Cc1ccc(C(O)C2=C(O)C(=O)N(c3nc4ccc(F)cc4s3)C2c2cccc(OCc3ccccc3)c2)o1. The van der Waals surface area contributed by atoms with Crippen molar-refractivity contribution in [1.82, 2.24) is 4.98 Å². The predicted octanol–water partition coefficient (Wildman–Crippen LogP) is 6.55. The number of hydrogen-bond donors (Lipinski definition) is 2. The molecule has 2 atom stereocenters. The highest BCUT2D eigenvalue weighted by Crippen LogP contribution is 2.48. The second kappa shape index (κ2) is 10.0. The fourth-order valence-corrected chi connectivity index (χ4v) is 5.70. The molecule has 1 aliphatic heterocycles. The molecular weight excluding hydrogens is 519 g/mol. The van der Waals surface area contributed by atoms with Gasteiger partial charge in [-0.3, -0.25) is 9.69 Å². The van der Waals surface area contributed by atoms with Gasteiger partial charge in [-0.2, -0.15) is 0 Å². The van der Waals surface area contributed by atoms with Crippen molar-refractivity contribution in [3.63, 3.8) is 0 Å². The van der Waals surface area contributed by atoms with Crippen molar-refractivity contribution in [2.45, 2.75) is 25.7 Å². The van der Waals surface area contributed by atoms with Gasteiger partial charge < -0.3 is 19.4 Å². The van der Waals surface area contributed by atoms with E-state index in [1.54, 1.807) is 43.3 Å². The summed E-state index contributed by atoms with van der Waals surface area (Å²) in [7, 11) is 0. The molecule has 1 aliphatic rings. The lowest BCUT2D eigenvalue weighted by atomic mass is 9.94. The molecule has 2 aromatic heterocycles. The minimum absolute atomic E-state index is 0.0556. The number of thiazole rings is 1. The highest BCUT2D eigenvalue weighted by Gasteiger charge is 2.46. The Morgan fingerprint density at radius 3 is 2.67 bits per heavy atom. The van der Waals surface area contributed by atoms with E-state index in [-0.39, 0.29) is 16.5 Å². The number of carbonyl (C=O) groups excluding carboxylic acids is 1. The topological polar surface area (TPSA) is 96.0 Å². The number of nitrogens with zero attached hydrogens (tertiary/aromatic N) is 2. The maximum atomic E-state index is 13.9. The molecule has 6 rings (SSSR count). The van der Waals surface area contributed by atoms with Crippen LogP contribution in [0.25, 0.3) is 10.2 Å². The van der Waals surface area contributed by atoms with Crippen LogP contribution in [0.5, 0.6) is 5.75 Å². The first-order chi connectivity index (χ1) is 18.9. The quantitative estimate of drug-likeness (QED) is 0.242. The maximum Gasteiger partial charge on any atom is 0.295 e. The minimum atomic E-state index is -1.40. The van der Waals surface area contributed by atoms with Crippen LogP contribution in [0, 0.1) is 12.7 Å². The number of benzene rings is 3. The lowest BCUT2D eigenvalue weighted by Crippen LogP contribution is -2.30. The van der Waals surface area contributed by atoms with Crippen LogP contribution < -0.4 is 9.64 Å². The number of amides is 1. The number of aliphatic hydroxyl groups excluding tert-OH is 2. The summed E-state index contributed by atoms with van der Waals surface area (Å²) in [6.07, 6.45) is -1.40. The summed E-state index contributed by atoms with van der Waals surface area (Å²) < 4.78 is 26.1. The zero-order valence-electron chi connectivity index (χ0n) is 20.7. The monoisotopic (exact) mass is 542 g/mol. The van der Waals surface area contributed by atoms with E-state index in [4.69, 9.17) is 9.15 Å². The van der Waals surface area contributed by atoms with Gasteiger partial charge >= 0.3 is 0 Å². The molecule has 5 aromatic rings. The number of aliphatic hydroxyl groups is 2. The van der Waals surface area contributed by atoms with E-state index in [0.717, 1.165) is 16.9 Å². The standard InChI is InChI=1S/C30H23FN2O5S/c1-17-10-13-23(38-17)27(34)25-26(19-8-5-9-21(14-19)37-16-18-6-3-2-4-7-18)33(29(36)28(25)35)30-32-22-12-11-20(31)15-24(22)39-30/h2-15,26-27,34-35H,16H2,1H3. The number of carbonyl (C=O) groups is 1. The smallest absolute Gasteiger partial charge is 0.295 e. The molecule has 39 heavy (non-hydrogen) atoms. The zero-order chi connectivity index (χ0) is 27.1. The van der Waals surface area contributed by atoms with Crippen molar-refractivity contribution in [3.05, 3.63) is 125 Å². The molecule has 3 aromatic carbocycles. The van der Waals surface area contributed by atoms with Gasteiger partial charge in [0.2, 0.25) is 0 Å². The number of fused-ring (bicyclic) bond motifs is 1. The Kier molecular flexibility index (Phi) is 6.38. The van der Waals surface area contributed by atoms with Crippen LogP contribution in [-0.4, -0.2) is 21.1 Å². The van der Waals surface area contributed by atoms with Gasteiger partial charge in [-0.25, -0.2) is 9.37 Å². The summed E-state index contributed by atoms with van der Waals surface area (Å²) in [6, 6.07) is 23.4. The number of furan rings is 1. The lowest BCUT2D eigenvalue weighted by Gasteiger charge is -2.26. The van der Waals surface area contributed by atoms with Crippen LogP contribution >= 0.6 is 11.3 Å². The molecule has 0 bridgehead atoms. The molecule has 3 heterocycles. The average Bonchev–Trinajstić information content (AvgIpc) is 3.63. The summed E-state index contributed by atoms with van der Waals surface area (Å²) in [5, 5.41) is 22.7. The second-order valence-electron chi connectivity index (χ2n) is 9.19. The molecule has 0 aliphatic carbocycles. The van der Waals surface area contributed by atoms with E-state index >= 15 is 0 Å². The molecule has 9 heteroatoms. The molecular formula is C30H23FN2O5S. The van der Waals surface area contributed by atoms with Crippen LogP contribution in [0.2, 0.25) is 0 Å². The van der Waals surface area contributed by atoms with E-state index in [9.17, 15) is 19.4 Å². The minimum Gasteiger partial charge on any atom is -0.503 e. The van der Waals surface area contributed by atoms with Crippen LogP contribution in [0.1, 0.15) is 34.8 Å².